The highest BCUT2D eigenvalue weighted by atomic mass is 32.2. The van der Waals surface area contributed by atoms with E-state index in [-0.39, 0.29) is 5.60 Å². The van der Waals surface area contributed by atoms with E-state index in [9.17, 15) is 0 Å². The lowest BCUT2D eigenvalue weighted by Crippen LogP contribution is -2.51. The molecule has 1 N–H and O–H groups in total. The number of nitrogens with one attached hydrogen (secondary N) is 1. The van der Waals surface area contributed by atoms with E-state index in [1.807, 2.05) is 0 Å². The second-order valence-electron chi connectivity index (χ2n) is 7.00. The molecule has 0 amide bonds. The lowest BCUT2D eigenvalue weighted by atomic mass is 9.75. The van der Waals surface area contributed by atoms with E-state index < -0.39 is 0 Å². The maximum atomic E-state index is 6.31. The minimum absolute atomic E-state index is 0.242. The second-order valence-corrected chi connectivity index (χ2v) is 9.37. The number of hydrogen-bond acceptors (Lipinski definition) is 4. The Kier molecular flexibility index (Phi) is 6.23. The lowest BCUT2D eigenvalue weighted by molar-refractivity contribution is -0.109. The third-order valence-electron chi connectivity index (χ3n) is 5.55. The first-order valence-electron chi connectivity index (χ1n) is 8.86. The molecule has 1 spiro atoms. The summed E-state index contributed by atoms with van der Waals surface area (Å²) in [5.74, 6) is 7.11. The van der Waals surface area contributed by atoms with Crippen LogP contribution in [-0.2, 0) is 4.74 Å². The van der Waals surface area contributed by atoms with Gasteiger partial charge in [0.25, 0.3) is 0 Å². The molecule has 0 aromatic rings. The van der Waals surface area contributed by atoms with Crippen LogP contribution in [0.5, 0.6) is 0 Å². The Balaban J connectivity index is 1.65. The Bertz CT molecular complexity index is 308. The van der Waals surface area contributed by atoms with Gasteiger partial charge in [0.2, 0.25) is 0 Å². The first-order chi connectivity index (χ1) is 10.3. The van der Waals surface area contributed by atoms with Gasteiger partial charge in [0.1, 0.15) is 0 Å². The fraction of sp³-hybridized carbons (Fsp3) is 1.00. The Morgan fingerprint density at radius 2 is 2.00 bits per heavy atom. The highest BCUT2D eigenvalue weighted by Gasteiger charge is 2.42. The molecule has 3 aliphatic rings. The monoisotopic (exact) mass is 329 g/mol. The molecule has 0 radical (unpaired) electrons. The van der Waals surface area contributed by atoms with Crippen molar-refractivity contribution in [1.82, 2.24) is 5.32 Å². The van der Waals surface area contributed by atoms with Gasteiger partial charge in [0.15, 0.2) is 0 Å². The van der Waals surface area contributed by atoms with Crippen LogP contribution in [-0.4, -0.2) is 47.8 Å². The minimum Gasteiger partial charge on any atom is -0.375 e. The highest BCUT2D eigenvalue weighted by Crippen LogP contribution is 2.43. The third kappa shape index (κ3) is 4.13. The van der Waals surface area contributed by atoms with Gasteiger partial charge < -0.3 is 10.1 Å². The Morgan fingerprint density at radius 3 is 2.71 bits per heavy atom. The summed E-state index contributed by atoms with van der Waals surface area (Å²) >= 11 is 4.27. The molecule has 0 aromatic heterocycles. The van der Waals surface area contributed by atoms with E-state index in [4.69, 9.17) is 4.74 Å². The van der Waals surface area contributed by atoms with Crippen LogP contribution in [0.1, 0.15) is 45.4 Å². The van der Waals surface area contributed by atoms with Crippen LogP contribution in [0.25, 0.3) is 0 Å². The number of thioether (sulfide) groups is 2. The normalized spacial score (nSPS) is 34.1. The number of rotatable bonds is 5. The minimum atomic E-state index is 0.242. The molecule has 4 heteroatoms. The van der Waals surface area contributed by atoms with Gasteiger partial charge in [-0.1, -0.05) is 6.92 Å². The van der Waals surface area contributed by atoms with E-state index in [0.29, 0.717) is 0 Å². The Hall–Kier alpha value is 0.620. The molecule has 3 saturated heterocycles. The van der Waals surface area contributed by atoms with Crippen molar-refractivity contribution in [3.8, 4) is 0 Å². The van der Waals surface area contributed by atoms with E-state index in [1.165, 1.54) is 68.1 Å². The maximum absolute atomic E-state index is 6.31. The van der Waals surface area contributed by atoms with Crippen molar-refractivity contribution >= 4 is 23.5 Å². The van der Waals surface area contributed by atoms with E-state index >= 15 is 0 Å². The lowest BCUT2D eigenvalue weighted by Gasteiger charge is -2.46. The number of ether oxygens (including phenoxy) is 1. The summed E-state index contributed by atoms with van der Waals surface area (Å²) < 4.78 is 6.31. The maximum Gasteiger partial charge on any atom is 0.0701 e. The second kappa shape index (κ2) is 7.94. The Labute approximate surface area is 138 Å². The zero-order valence-corrected chi connectivity index (χ0v) is 15.1. The first-order valence-corrected chi connectivity index (χ1v) is 11.2. The van der Waals surface area contributed by atoms with Crippen molar-refractivity contribution in [3.05, 3.63) is 0 Å². The van der Waals surface area contributed by atoms with Crippen LogP contribution in [0.3, 0.4) is 0 Å². The molecule has 3 aliphatic heterocycles. The Morgan fingerprint density at radius 1 is 1.14 bits per heavy atom. The zero-order chi connectivity index (χ0) is 14.5. The van der Waals surface area contributed by atoms with Gasteiger partial charge in [-0.05, 0) is 79.9 Å². The molecule has 3 atom stereocenters. The van der Waals surface area contributed by atoms with Gasteiger partial charge in [0, 0.05) is 12.6 Å². The standard InChI is InChI=1S/C17H31NOS2/c1-2-7-18-16(15-4-9-21-13-15)14-3-8-19-17(12-14)5-10-20-11-6-17/h14-16,18H,2-13H2,1H3. The molecule has 3 rings (SSSR count). The van der Waals surface area contributed by atoms with E-state index in [2.05, 4.69) is 35.8 Å². The molecule has 3 fully saturated rings. The fourth-order valence-electron chi connectivity index (χ4n) is 4.33. The van der Waals surface area contributed by atoms with Crippen molar-refractivity contribution in [3.63, 3.8) is 0 Å². The average Bonchev–Trinajstić information content (AvgIpc) is 3.03. The van der Waals surface area contributed by atoms with Crippen LogP contribution < -0.4 is 5.32 Å². The molecule has 3 unspecified atom stereocenters. The van der Waals surface area contributed by atoms with Gasteiger partial charge >= 0.3 is 0 Å². The van der Waals surface area contributed by atoms with Gasteiger partial charge in [-0.3, -0.25) is 0 Å². The summed E-state index contributed by atoms with van der Waals surface area (Å²) in [7, 11) is 0. The molecule has 0 bridgehead atoms. The van der Waals surface area contributed by atoms with Crippen LogP contribution in [0.4, 0.5) is 0 Å². The van der Waals surface area contributed by atoms with Gasteiger partial charge in [-0.15, -0.1) is 0 Å². The van der Waals surface area contributed by atoms with Gasteiger partial charge in [0.05, 0.1) is 5.60 Å². The quantitative estimate of drug-likeness (QED) is 0.828. The van der Waals surface area contributed by atoms with Crippen molar-refractivity contribution in [2.24, 2.45) is 11.8 Å². The van der Waals surface area contributed by atoms with Crippen molar-refractivity contribution in [2.45, 2.75) is 57.1 Å². The summed E-state index contributed by atoms with van der Waals surface area (Å²) in [6.45, 7) is 4.48. The zero-order valence-electron chi connectivity index (χ0n) is 13.4. The molecule has 0 aliphatic carbocycles. The average molecular weight is 330 g/mol. The largest absolute Gasteiger partial charge is 0.375 e. The molecular weight excluding hydrogens is 298 g/mol. The third-order valence-corrected chi connectivity index (χ3v) is 7.72. The molecule has 122 valence electrons. The van der Waals surface area contributed by atoms with E-state index in [1.54, 1.807) is 0 Å². The molecule has 0 aromatic carbocycles. The molecular formula is C17H31NOS2. The van der Waals surface area contributed by atoms with Crippen LogP contribution >= 0.6 is 23.5 Å². The number of hydrogen-bond donors (Lipinski definition) is 1. The van der Waals surface area contributed by atoms with Crippen molar-refractivity contribution in [1.29, 1.82) is 0 Å². The molecule has 0 saturated carbocycles. The summed E-state index contributed by atoms with van der Waals surface area (Å²) in [5, 5.41) is 3.93. The summed E-state index contributed by atoms with van der Waals surface area (Å²) in [6, 6.07) is 0.746. The topological polar surface area (TPSA) is 21.3 Å². The predicted octanol–water partition coefficient (Wildman–Crippen LogP) is 3.80. The van der Waals surface area contributed by atoms with Crippen molar-refractivity contribution < 1.29 is 4.74 Å². The summed E-state index contributed by atoms with van der Waals surface area (Å²) in [5.41, 5.74) is 0.242. The smallest absolute Gasteiger partial charge is 0.0701 e. The van der Waals surface area contributed by atoms with Crippen LogP contribution in [0, 0.1) is 11.8 Å². The van der Waals surface area contributed by atoms with Crippen LogP contribution in [0.2, 0.25) is 0 Å². The van der Waals surface area contributed by atoms with E-state index in [0.717, 1.165) is 24.5 Å². The summed E-state index contributed by atoms with van der Waals surface area (Å²) in [6.07, 6.45) is 7.84. The predicted molar refractivity (Wildman–Crippen MR) is 95.5 cm³/mol. The highest BCUT2D eigenvalue weighted by molar-refractivity contribution is 7.99. The van der Waals surface area contributed by atoms with Gasteiger partial charge in [-0.25, -0.2) is 0 Å². The van der Waals surface area contributed by atoms with Gasteiger partial charge in [-0.2, -0.15) is 23.5 Å². The molecule has 2 nitrogen and oxygen atoms in total. The fourth-order valence-corrected chi connectivity index (χ4v) is 6.88. The SMILES string of the molecule is CCCNC(C1CCSC1)C1CCOC2(CCSCC2)C1. The molecule has 3 heterocycles. The van der Waals surface area contributed by atoms with Crippen LogP contribution in [0.15, 0.2) is 0 Å². The van der Waals surface area contributed by atoms with Crippen molar-refractivity contribution in [2.75, 3.05) is 36.2 Å². The summed E-state index contributed by atoms with van der Waals surface area (Å²) in [4.78, 5) is 0. The first kappa shape index (κ1) is 16.5. The molecule has 21 heavy (non-hydrogen) atoms.